The minimum atomic E-state index is 0.366. The SMILES string of the molecule is [B]C(=S)N(C)c1ccc(C=Cc2sc3ccccc3[n+]2C)cc1. The molecule has 0 saturated carbocycles. The number of nitrogens with zero attached hydrogens (tertiary/aromatic N) is 2. The fourth-order valence-electron chi connectivity index (χ4n) is 2.37. The predicted molar refractivity (Wildman–Crippen MR) is 105 cm³/mol. The van der Waals surface area contributed by atoms with Crippen LogP contribution in [-0.2, 0) is 7.05 Å². The minimum absolute atomic E-state index is 0.366. The van der Waals surface area contributed by atoms with Crippen molar-refractivity contribution in [2.24, 2.45) is 7.05 Å². The number of hydrogen-bond acceptors (Lipinski definition) is 2. The maximum absolute atomic E-state index is 5.64. The molecule has 0 atom stereocenters. The summed E-state index contributed by atoms with van der Waals surface area (Å²) in [6.45, 7) is 0. The first-order valence-electron chi connectivity index (χ1n) is 7.25. The summed E-state index contributed by atoms with van der Waals surface area (Å²) in [5.74, 6) is 0. The van der Waals surface area contributed by atoms with Gasteiger partial charge in [-0.25, -0.2) is 0 Å². The molecule has 2 aromatic carbocycles. The molecule has 0 bridgehead atoms. The van der Waals surface area contributed by atoms with Crippen molar-refractivity contribution in [2.75, 3.05) is 11.9 Å². The molecule has 2 nitrogen and oxygen atoms in total. The van der Waals surface area contributed by atoms with Gasteiger partial charge in [0.05, 0.1) is 0 Å². The van der Waals surface area contributed by atoms with Crippen molar-refractivity contribution in [3.63, 3.8) is 0 Å². The maximum Gasteiger partial charge on any atom is 0.262 e. The lowest BCUT2D eigenvalue weighted by Crippen LogP contribution is -2.28. The smallest absolute Gasteiger partial charge is 0.262 e. The molecule has 0 unspecified atom stereocenters. The zero-order valence-corrected chi connectivity index (χ0v) is 14.7. The van der Waals surface area contributed by atoms with Crippen LogP contribution in [0.2, 0.25) is 0 Å². The number of hydrogen-bond donors (Lipinski definition) is 0. The van der Waals surface area contributed by atoms with Crippen molar-refractivity contribution in [1.82, 2.24) is 0 Å². The average molecular weight is 335 g/mol. The highest BCUT2D eigenvalue weighted by atomic mass is 32.1. The van der Waals surface area contributed by atoms with E-state index in [1.54, 1.807) is 16.2 Å². The molecule has 0 aliphatic carbocycles. The summed E-state index contributed by atoms with van der Waals surface area (Å²) in [5.41, 5.74) is 3.38. The van der Waals surface area contributed by atoms with E-state index in [1.165, 1.54) is 15.2 Å². The first kappa shape index (κ1) is 15.9. The van der Waals surface area contributed by atoms with Crippen molar-refractivity contribution in [3.05, 3.63) is 59.1 Å². The van der Waals surface area contributed by atoms with Crippen LogP contribution in [0, 0.1) is 0 Å². The zero-order valence-electron chi connectivity index (χ0n) is 13.1. The number of thiazole rings is 1. The third-order valence-corrected chi connectivity index (χ3v) is 5.26. The van der Waals surface area contributed by atoms with Crippen LogP contribution in [0.5, 0.6) is 0 Å². The monoisotopic (exact) mass is 335 g/mol. The Morgan fingerprint density at radius 2 is 1.83 bits per heavy atom. The summed E-state index contributed by atoms with van der Waals surface area (Å²) in [6.07, 6.45) is 4.27. The fraction of sp³-hybridized carbons (Fsp3) is 0.111. The quantitative estimate of drug-likeness (QED) is 0.408. The van der Waals surface area contributed by atoms with Gasteiger partial charge in [-0.05, 0) is 29.8 Å². The third kappa shape index (κ3) is 3.36. The Morgan fingerprint density at radius 3 is 2.48 bits per heavy atom. The number of aromatic nitrogens is 1. The standard InChI is InChI=1S/C18H16BN2S2/c1-20(18(19)22)14-10-7-13(8-11-14)9-12-17-21(2)15-5-3-4-6-16(15)23-17/h3-12H,1-2H3/q+1. The largest absolute Gasteiger partial charge is 0.348 e. The maximum atomic E-state index is 5.64. The Balaban J connectivity index is 1.84. The summed E-state index contributed by atoms with van der Waals surface area (Å²) >= 11 is 6.77. The minimum Gasteiger partial charge on any atom is -0.348 e. The van der Waals surface area contributed by atoms with Crippen LogP contribution in [0.15, 0.2) is 48.5 Å². The zero-order chi connectivity index (χ0) is 16.4. The highest BCUT2D eigenvalue weighted by molar-refractivity contribution is 7.83. The highest BCUT2D eigenvalue weighted by Crippen LogP contribution is 2.21. The van der Waals surface area contributed by atoms with E-state index in [0.29, 0.717) is 4.89 Å². The lowest BCUT2D eigenvalue weighted by atomic mass is 10.1. The molecule has 1 aromatic heterocycles. The number of anilines is 1. The normalized spacial score (nSPS) is 11.2. The lowest BCUT2D eigenvalue weighted by Gasteiger charge is -2.17. The van der Waals surface area contributed by atoms with Gasteiger partial charge in [-0.15, -0.1) is 0 Å². The lowest BCUT2D eigenvalue weighted by molar-refractivity contribution is -0.642. The molecule has 3 rings (SSSR count). The average Bonchev–Trinajstić information content (AvgIpc) is 2.89. The van der Waals surface area contributed by atoms with E-state index in [-0.39, 0.29) is 0 Å². The molecule has 112 valence electrons. The number of rotatable bonds is 3. The van der Waals surface area contributed by atoms with Gasteiger partial charge in [0.25, 0.3) is 5.01 Å². The van der Waals surface area contributed by atoms with Crippen LogP contribution in [0.1, 0.15) is 10.6 Å². The molecule has 3 aromatic rings. The molecule has 23 heavy (non-hydrogen) atoms. The van der Waals surface area contributed by atoms with Gasteiger partial charge in [0.2, 0.25) is 5.52 Å². The van der Waals surface area contributed by atoms with Gasteiger partial charge in [-0.1, -0.05) is 47.8 Å². The van der Waals surface area contributed by atoms with E-state index in [0.717, 1.165) is 11.3 Å². The summed E-state index contributed by atoms with van der Waals surface area (Å²) in [5, 5.41) is 1.22. The molecule has 0 fully saturated rings. The summed E-state index contributed by atoms with van der Waals surface area (Å²) < 4.78 is 3.51. The highest BCUT2D eigenvalue weighted by Gasteiger charge is 2.13. The van der Waals surface area contributed by atoms with Gasteiger partial charge in [0, 0.05) is 29.8 Å². The van der Waals surface area contributed by atoms with Crippen molar-refractivity contribution in [3.8, 4) is 0 Å². The summed E-state index contributed by atoms with van der Waals surface area (Å²) in [4.78, 5) is 2.15. The van der Waals surface area contributed by atoms with E-state index in [1.807, 2.05) is 19.2 Å². The molecule has 1 heterocycles. The number of thiocarbonyl (C=S) groups is 1. The molecular formula is C18H16BN2S2+. The molecule has 0 amide bonds. The second-order valence-electron chi connectivity index (χ2n) is 5.29. The molecule has 2 radical (unpaired) electrons. The second-order valence-corrected chi connectivity index (χ2v) is 6.77. The predicted octanol–water partition coefficient (Wildman–Crippen LogP) is 3.79. The Bertz CT molecular complexity index is 882. The van der Waals surface area contributed by atoms with Crippen LogP contribution in [0.25, 0.3) is 22.4 Å². The van der Waals surface area contributed by atoms with Crippen LogP contribution in [-0.4, -0.2) is 19.8 Å². The molecule has 5 heteroatoms. The summed E-state index contributed by atoms with van der Waals surface area (Å²) in [7, 11) is 9.60. The van der Waals surface area contributed by atoms with Crippen molar-refractivity contribution < 1.29 is 4.57 Å². The van der Waals surface area contributed by atoms with E-state index >= 15 is 0 Å². The first-order valence-corrected chi connectivity index (χ1v) is 8.47. The second kappa shape index (κ2) is 6.65. The van der Waals surface area contributed by atoms with E-state index in [4.69, 9.17) is 20.1 Å². The number of aryl methyl sites for hydroxylation is 1. The van der Waals surface area contributed by atoms with Gasteiger partial charge < -0.3 is 4.90 Å². The van der Waals surface area contributed by atoms with Crippen LogP contribution < -0.4 is 9.47 Å². The number of para-hydroxylation sites is 1. The molecular weight excluding hydrogens is 319 g/mol. The number of fused-ring (bicyclic) bond motifs is 1. The van der Waals surface area contributed by atoms with Crippen LogP contribution >= 0.6 is 23.6 Å². The third-order valence-electron chi connectivity index (χ3n) is 3.80. The van der Waals surface area contributed by atoms with Gasteiger partial charge in [0.15, 0.2) is 7.85 Å². The van der Waals surface area contributed by atoms with Gasteiger partial charge >= 0.3 is 0 Å². The van der Waals surface area contributed by atoms with E-state index < -0.39 is 0 Å². The van der Waals surface area contributed by atoms with Crippen molar-refractivity contribution in [2.45, 2.75) is 0 Å². The Morgan fingerprint density at radius 1 is 1.13 bits per heavy atom. The Labute approximate surface area is 147 Å². The summed E-state index contributed by atoms with van der Waals surface area (Å²) in [6, 6.07) is 16.6. The van der Waals surface area contributed by atoms with Crippen LogP contribution in [0.4, 0.5) is 5.69 Å². The molecule has 0 N–H and O–H groups in total. The Kier molecular flexibility index (Phi) is 4.60. The van der Waals surface area contributed by atoms with E-state index in [9.17, 15) is 0 Å². The Hall–Kier alpha value is -1.98. The van der Waals surface area contributed by atoms with Gasteiger partial charge in [-0.3, -0.25) is 0 Å². The molecule has 0 aliphatic heterocycles. The van der Waals surface area contributed by atoms with Crippen LogP contribution in [0.3, 0.4) is 0 Å². The molecule has 0 spiro atoms. The van der Waals surface area contributed by atoms with Crippen molar-refractivity contribution >= 4 is 64.3 Å². The van der Waals surface area contributed by atoms with E-state index in [2.05, 4.69) is 60.2 Å². The number of benzene rings is 2. The fourth-order valence-corrected chi connectivity index (χ4v) is 3.53. The van der Waals surface area contributed by atoms with Crippen molar-refractivity contribution in [1.29, 1.82) is 0 Å². The molecule has 0 aliphatic rings. The van der Waals surface area contributed by atoms with Gasteiger partial charge in [-0.2, -0.15) is 4.57 Å². The topological polar surface area (TPSA) is 7.12 Å². The first-order chi connectivity index (χ1) is 11.1. The molecule has 0 saturated heterocycles. The van der Waals surface area contributed by atoms with Gasteiger partial charge in [0.1, 0.15) is 11.7 Å².